The van der Waals surface area contributed by atoms with Crippen LogP contribution in [0, 0.1) is 22.7 Å². The van der Waals surface area contributed by atoms with Crippen LogP contribution in [0.25, 0.3) is 22.3 Å². The first-order valence-electron chi connectivity index (χ1n) is 8.80. The van der Waals surface area contributed by atoms with Crippen molar-refractivity contribution in [2.75, 3.05) is 0 Å². The summed E-state index contributed by atoms with van der Waals surface area (Å²) in [6.45, 7) is 6.86. The Morgan fingerprint density at radius 3 is 1.39 bits per heavy atom. The number of carbonyl (C=O) groups is 2. The van der Waals surface area contributed by atoms with Crippen LogP contribution in [0.15, 0.2) is 54.7 Å². The zero-order chi connectivity index (χ0) is 20.1. The van der Waals surface area contributed by atoms with Crippen LogP contribution in [0.2, 0.25) is 0 Å². The summed E-state index contributed by atoms with van der Waals surface area (Å²) in [5.41, 5.74) is 0.643. The molecule has 0 N–H and O–H groups in total. The Bertz CT molecular complexity index is 1160. The number of ketones is 2. The van der Waals surface area contributed by atoms with Gasteiger partial charge in [-0.3, -0.25) is 27.9 Å². The Kier molecular flexibility index (Phi) is 3.86. The number of rotatable bonds is 4. The quantitative estimate of drug-likeness (QED) is 0.265. The molecule has 0 bridgehead atoms. The number of carbonyl (C=O) groups excluding carboxylic acids is 2. The lowest BCUT2D eigenvalue weighted by Crippen LogP contribution is -2.26. The summed E-state index contributed by atoms with van der Waals surface area (Å²) < 4.78 is 19.6. The van der Waals surface area contributed by atoms with Crippen molar-refractivity contribution >= 4 is 33.9 Å². The molecule has 0 aliphatic heterocycles. The molecule has 0 unspecified atom stereocenters. The molecular formula is C22H18O6. The molecule has 0 radical (unpaired) electrons. The molecule has 2 aromatic heterocycles. The van der Waals surface area contributed by atoms with Crippen molar-refractivity contribution in [3.05, 3.63) is 47.5 Å². The summed E-state index contributed by atoms with van der Waals surface area (Å²) in [6.07, 6.45) is 0. The largest absolute Gasteiger partial charge is 0.292 e. The van der Waals surface area contributed by atoms with E-state index in [0.717, 1.165) is 0 Å². The molecule has 2 heterocycles. The molecule has 6 nitrogen and oxygen atoms in total. The van der Waals surface area contributed by atoms with E-state index in [1.165, 1.54) is 0 Å². The number of benzene rings is 2. The number of hydrogen-bond donors (Lipinski definition) is 0. The van der Waals surface area contributed by atoms with Crippen LogP contribution in [0.3, 0.4) is 0 Å². The van der Waals surface area contributed by atoms with Gasteiger partial charge in [0.2, 0.25) is 22.3 Å². The molecule has 28 heavy (non-hydrogen) atoms. The summed E-state index contributed by atoms with van der Waals surface area (Å²) in [5.74, 6) is 5.56. The van der Waals surface area contributed by atoms with Crippen LogP contribution in [0.1, 0.15) is 48.4 Å². The third kappa shape index (κ3) is 2.76. The average molecular weight is 378 g/mol. The van der Waals surface area contributed by atoms with E-state index in [1.54, 1.807) is 64.1 Å². The maximum absolute atomic E-state index is 13.0. The van der Waals surface area contributed by atoms with Gasteiger partial charge in [-0.1, -0.05) is 24.0 Å². The number of Topliss-reactive ketones (excluding diaryl/α,β-unsaturated/α-hetero) is 2. The van der Waals surface area contributed by atoms with Crippen molar-refractivity contribution in [2.45, 2.75) is 27.7 Å². The van der Waals surface area contributed by atoms with Crippen molar-refractivity contribution in [2.24, 2.45) is 10.8 Å². The van der Waals surface area contributed by atoms with E-state index in [2.05, 4.69) is 11.8 Å². The van der Waals surface area contributed by atoms with Crippen LogP contribution in [0.5, 0.6) is 0 Å². The third-order valence-electron chi connectivity index (χ3n) is 4.70. The highest BCUT2D eigenvalue weighted by Crippen LogP contribution is 2.31. The second kappa shape index (κ2) is 6.03. The lowest BCUT2D eigenvalue weighted by atomic mass is 9.80. The van der Waals surface area contributed by atoms with Gasteiger partial charge < -0.3 is 0 Å². The first kappa shape index (κ1) is 17.9. The highest BCUT2D eigenvalue weighted by molar-refractivity contribution is 6.10. The summed E-state index contributed by atoms with van der Waals surface area (Å²) in [4.78, 5) is 26.0. The zero-order valence-corrected chi connectivity index (χ0v) is 15.9. The summed E-state index contributed by atoms with van der Waals surface area (Å²) in [7, 11) is 0. The minimum atomic E-state index is -1.02. The van der Waals surface area contributed by atoms with E-state index in [1.807, 2.05) is 0 Å². The van der Waals surface area contributed by atoms with E-state index in [-0.39, 0.29) is 11.6 Å². The Morgan fingerprint density at radius 2 is 1.07 bits per heavy atom. The minimum absolute atomic E-state index is 0.205. The molecule has 2 aromatic carbocycles. The monoisotopic (exact) mass is 378 g/mol. The highest BCUT2D eigenvalue weighted by Gasteiger charge is 2.33. The van der Waals surface area contributed by atoms with E-state index in [0.29, 0.717) is 33.5 Å². The normalized spacial score (nSPS) is 12.3. The van der Waals surface area contributed by atoms with Gasteiger partial charge in [0.1, 0.15) is 0 Å². The van der Waals surface area contributed by atoms with Gasteiger partial charge >= 0.3 is 0 Å². The topological polar surface area (TPSA) is 86.7 Å². The van der Waals surface area contributed by atoms with E-state index in [9.17, 15) is 9.59 Å². The first-order chi connectivity index (χ1) is 13.2. The first-order valence-corrected chi connectivity index (χ1v) is 8.80. The molecule has 0 spiro atoms. The standard InChI is InChI=1S/C22H18O6/c1-21(2,19(23)13-7-5-9-15-17(13)27-25-15)11-12-22(3,4)20(24)14-8-6-10-16-18(14)28-26-16/h5-10H,1-4H3. The molecule has 0 saturated carbocycles. The molecule has 0 amide bonds. The molecule has 0 saturated heterocycles. The fraction of sp³-hybridized carbons (Fsp3) is 0.273. The summed E-state index contributed by atoms with van der Waals surface area (Å²) in [5, 5.41) is 0. The Morgan fingerprint density at radius 1 is 0.679 bits per heavy atom. The Hall–Kier alpha value is -3.46. The van der Waals surface area contributed by atoms with Crippen LogP contribution in [-0.2, 0) is 0 Å². The van der Waals surface area contributed by atoms with E-state index < -0.39 is 10.8 Å². The van der Waals surface area contributed by atoms with Gasteiger partial charge in [0.25, 0.3) is 0 Å². The van der Waals surface area contributed by atoms with Gasteiger partial charge in [-0.05, 0) is 52.0 Å². The molecule has 6 heteroatoms. The summed E-state index contributed by atoms with van der Waals surface area (Å²) >= 11 is 0. The molecule has 4 rings (SSSR count). The fourth-order valence-corrected chi connectivity index (χ4v) is 2.90. The van der Waals surface area contributed by atoms with Crippen molar-refractivity contribution in [3.63, 3.8) is 0 Å². The van der Waals surface area contributed by atoms with Crippen molar-refractivity contribution in [3.8, 4) is 11.8 Å². The Balaban J connectivity index is 1.63. The second-order valence-electron chi connectivity index (χ2n) is 7.76. The smallest absolute Gasteiger partial charge is 0.236 e. The van der Waals surface area contributed by atoms with E-state index >= 15 is 0 Å². The second-order valence-corrected chi connectivity index (χ2v) is 7.76. The summed E-state index contributed by atoms with van der Waals surface area (Å²) in [6, 6.07) is 10.2. The average Bonchev–Trinajstić information content (AvgIpc) is 2.60. The lowest BCUT2D eigenvalue weighted by molar-refractivity contribution is 0.0568. The zero-order valence-electron chi connectivity index (χ0n) is 15.9. The van der Waals surface area contributed by atoms with Gasteiger partial charge in [-0.25, -0.2) is 0 Å². The van der Waals surface area contributed by atoms with Gasteiger partial charge in [-0.15, -0.1) is 0 Å². The van der Waals surface area contributed by atoms with Crippen LogP contribution in [0.4, 0.5) is 0 Å². The highest BCUT2D eigenvalue weighted by atomic mass is 17.0. The van der Waals surface area contributed by atoms with Gasteiger partial charge in [0.05, 0.1) is 22.0 Å². The molecule has 0 aliphatic rings. The molecular weight excluding hydrogens is 360 g/mol. The minimum Gasteiger partial charge on any atom is -0.292 e. The predicted molar refractivity (Wildman–Crippen MR) is 101 cm³/mol. The molecule has 0 fully saturated rings. The number of para-hydroxylation sites is 2. The van der Waals surface area contributed by atoms with Crippen molar-refractivity contribution in [1.29, 1.82) is 0 Å². The van der Waals surface area contributed by atoms with Crippen LogP contribution >= 0.6 is 0 Å². The maximum atomic E-state index is 13.0. The molecule has 142 valence electrons. The van der Waals surface area contributed by atoms with Gasteiger partial charge in [0.15, 0.2) is 11.6 Å². The lowest BCUT2D eigenvalue weighted by Gasteiger charge is -2.20. The fourth-order valence-electron chi connectivity index (χ4n) is 2.90. The molecule has 0 atom stereocenters. The number of hydrogen-bond acceptors (Lipinski definition) is 6. The van der Waals surface area contributed by atoms with Crippen molar-refractivity contribution in [1.82, 2.24) is 0 Å². The number of fused-ring (bicyclic) bond motifs is 2. The van der Waals surface area contributed by atoms with Gasteiger partial charge in [-0.2, -0.15) is 0 Å². The maximum Gasteiger partial charge on any atom is 0.236 e. The molecule has 0 aliphatic carbocycles. The van der Waals surface area contributed by atoms with E-state index in [4.69, 9.17) is 18.3 Å². The predicted octanol–water partition coefficient (Wildman–Crippen LogP) is 5.49. The molecule has 4 aromatic rings. The SMILES string of the molecule is CC(C)(C#CC(C)(C)C(=O)c1cccc2ooc12)C(=O)c1cccc2ooc12. The van der Waals surface area contributed by atoms with Crippen molar-refractivity contribution < 1.29 is 27.9 Å². The van der Waals surface area contributed by atoms with Crippen LogP contribution < -0.4 is 0 Å². The van der Waals surface area contributed by atoms with Gasteiger partial charge in [0, 0.05) is 0 Å². The van der Waals surface area contributed by atoms with Crippen LogP contribution in [-0.4, -0.2) is 11.6 Å². The third-order valence-corrected chi connectivity index (χ3v) is 4.70. The Labute approximate surface area is 160 Å².